The van der Waals surface area contributed by atoms with E-state index in [-0.39, 0.29) is 25.6 Å². The van der Waals surface area contributed by atoms with Crippen molar-refractivity contribution in [3.63, 3.8) is 0 Å². The molecule has 22 heavy (non-hydrogen) atoms. The molecule has 1 aromatic heterocycles. The third-order valence-electron chi connectivity index (χ3n) is 3.04. The first-order chi connectivity index (χ1) is 10.6. The Labute approximate surface area is 127 Å². The molecule has 0 saturated carbocycles. The summed E-state index contributed by atoms with van der Waals surface area (Å²) < 4.78 is 15.4. The van der Waals surface area contributed by atoms with Gasteiger partial charge in [-0.15, -0.1) is 0 Å². The number of aliphatic hydroxyl groups excluding tert-OH is 1. The molecule has 0 bridgehead atoms. The Hall–Kier alpha value is -2.34. The van der Waals surface area contributed by atoms with Crippen LogP contribution in [0.25, 0.3) is 11.0 Å². The zero-order valence-corrected chi connectivity index (χ0v) is 12.3. The molecular formula is C16H18O6. The van der Waals surface area contributed by atoms with Crippen LogP contribution in [0.3, 0.4) is 0 Å². The topological polar surface area (TPSA) is 86.0 Å². The van der Waals surface area contributed by atoms with Gasteiger partial charge in [0.1, 0.15) is 17.9 Å². The first-order valence-corrected chi connectivity index (χ1v) is 7.09. The van der Waals surface area contributed by atoms with Crippen LogP contribution in [0.2, 0.25) is 0 Å². The highest BCUT2D eigenvalue weighted by Crippen LogP contribution is 2.19. The van der Waals surface area contributed by atoms with Crippen molar-refractivity contribution in [2.75, 3.05) is 13.2 Å². The second kappa shape index (κ2) is 7.61. The predicted octanol–water partition coefficient (Wildman–Crippen LogP) is 1.88. The Morgan fingerprint density at radius 2 is 2.09 bits per heavy atom. The first-order valence-electron chi connectivity index (χ1n) is 7.09. The molecule has 0 fully saturated rings. The molecule has 1 heterocycles. The molecule has 0 aliphatic rings. The van der Waals surface area contributed by atoms with E-state index in [9.17, 15) is 14.7 Å². The zero-order valence-electron chi connectivity index (χ0n) is 12.3. The molecule has 0 amide bonds. The molecule has 1 N–H and O–H groups in total. The Kier molecular flexibility index (Phi) is 5.55. The highest BCUT2D eigenvalue weighted by Gasteiger charge is 2.08. The number of ether oxygens (including phenoxy) is 2. The number of carbonyl (C=O) groups excluding carboxylic acids is 1. The normalized spacial score (nSPS) is 12.1. The number of rotatable bonds is 7. The summed E-state index contributed by atoms with van der Waals surface area (Å²) in [6, 6.07) is 8.20. The molecule has 0 radical (unpaired) electrons. The lowest BCUT2D eigenvalue weighted by Crippen LogP contribution is -2.20. The van der Waals surface area contributed by atoms with Gasteiger partial charge in [0.25, 0.3) is 0 Å². The Morgan fingerprint density at radius 1 is 1.32 bits per heavy atom. The molecule has 1 aromatic carbocycles. The molecule has 6 heteroatoms. The van der Waals surface area contributed by atoms with Gasteiger partial charge >= 0.3 is 11.6 Å². The maximum absolute atomic E-state index is 11.2. The lowest BCUT2D eigenvalue weighted by atomic mass is 10.2. The lowest BCUT2D eigenvalue weighted by molar-refractivity contribution is -0.146. The fourth-order valence-electron chi connectivity index (χ4n) is 1.82. The van der Waals surface area contributed by atoms with Crippen molar-refractivity contribution >= 4 is 16.9 Å². The first kappa shape index (κ1) is 16.0. The van der Waals surface area contributed by atoms with Gasteiger partial charge in [-0.3, -0.25) is 4.79 Å². The Balaban J connectivity index is 1.84. The highest BCUT2D eigenvalue weighted by molar-refractivity contribution is 5.77. The van der Waals surface area contributed by atoms with Crippen molar-refractivity contribution in [1.82, 2.24) is 0 Å². The summed E-state index contributed by atoms with van der Waals surface area (Å²) in [5.74, 6) is 0.198. The molecule has 0 saturated heterocycles. The van der Waals surface area contributed by atoms with Crippen molar-refractivity contribution < 1.29 is 23.8 Å². The minimum atomic E-state index is -0.770. The second-order valence-electron chi connectivity index (χ2n) is 4.78. The summed E-state index contributed by atoms with van der Waals surface area (Å²) in [4.78, 5) is 22.1. The van der Waals surface area contributed by atoms with E-state index >= 15 is 0 Å². The molecule has 0 aliphatic heterocycles. The third kappa shape index (κ3) is 4.60. The summed E-state index contributed by atoms with van der Waals surface area (Å²) in [7, 11) is 0. The summed E-state index contributed by atoms with van der Waals surface area (Å²) >= 11 is 0. The number of carbonyl (C=O) groups is 1. The number of aliphatic hydroxyl groups is 1. The number of hydrogen-bond acceptors (Lipinski definition) is 6. The number of benzene rings is 1. The summed E-state index contributed by atoms with van der Waals surface area (Å²) in [6.45, 7) is 1.91. The summed E-state index contributed by atoms with van der Waals surface area (Å²) in [5.41, 5.74) is 0.0280. The van der Waals surface area contributed by atoms with Gasteiger partial charge < -0.3 is 19.0 Å². The van der Waals surface area contributed by atoms with Crippen LogP contribution in [0, 0.1) is 0 Å². The van der Waals surface area contributed by atoms with Gasteiger partial charge in [0.05, 0.1) is 12.7 Å². The van der Waals surface area contributed by atoms with E-state index in [1.807, 2.05) is 0 Å². The van der Waals surface area contributed by atoms with Crippen molar-refractivity contribution in [3.05, 3.63) is 40.8 Å². The maximum Gasteiger partial charge on any atom is 0.336 e. The molecule has 2 rings (SSSR count). The van der Waals surface area contributed by atoms with Crippen molar-refractivity contribution in [2.45, 2.75) is 25.9 Å². The Bertz CT molecular complexity index is 690. The van der Waals surface area contributed by atoms with Gasteiger partial charge in [-0.2, -0.15) is 0 Å². The van der Waals surface area contributed by atoms with Crippen LogP contribution in [-0.2, 0) is 9.53 Å². The van der Waals surface area contributed by atoms with Crippen LogP contribution in [0.1, 0.15) is 19.8 Å². The van der Waals surface area contributed by atoms with Crippen LogP contribution < -0.4 is 10.4 Å². The molecule has 0 aliphatic carbocycles. The van der Waals surface area contributed by atoms with Gasteiger partial charge in [-0.05, 0) is 18.2 Å². The molecule has 1 atom stereocenters. The molecule has 0 spiro atoms. The van der Waals surface area contributed by atoms with Gasteiger partial charge in [0.2, 0.25) is 0 Å². The fourth-order valence-corrected chi connectivity index (χ4v) is 1.82. The molecule has 118 valence electrons. The van der Waals surface area contributed by atoms with E-state index in [4.69, 9.17) is 13.9 Å². The average molecular weight is 306 g/mol. The van der Waals surface area contributed by atoms with E-state index < -0.39 is 11.7 Å². The van der Waals surface area contributed by atoms with Crippen LogP contribution in [-0.4, -0.2) is 30.4 Å². The summed E-state index contributed by atoms with van der Waals surface area (Å²) in [6.07, 6.45) is -0.159. The van der Waals surface area contributed by atoms with E-state index in [2.05, 4.69) is 0 Å². The SMILES string of the molecule is CCC(=O)OCC(O)CCOc1ccc2ccc(=O)oc2c1. The molecule has 1 unspecified atom stereocenters. The van der Waals surface area contributed by atoms with Crippen LogP contribution in [0.5, 0.6) is 5.75 Å². The van der Waals surface area contributed by atoms with Gasteiger partial charge in [0.15, 0.2) is 0 Å². The third-order valence-corrected chi connectivity index (χ3v) is 3.04. The standard InChI is InChI=1S/C16H18O6/c1-2-15(18)21-10-12(17)7-8-20-13-5-3-11-4-6-16(19)22-14(11)9-13/h3-6,9,12,17H,2,7-8,10H2,1H3. The molecular weight excluding hydrogens is 288 g/mol. The second-order valence-corrected chi connectivity index (χ2v) is 4.78. The van der Waals surface area contributed by atoms with E-state index in [1.54, 1.807) is 31.2 Å². The fraction of sp³-hybridized carbons (Fsp3) is 0.375. The van der Waals surface area contributed by atoms with Crippen LogP contribution >= 0.6 is 0 Å². The number of fused-ring (bicyclic) bond motifs is 1. The highest BCUT2D eigenvalue weighted by atomic mass is 16.5. The van der Waals surface area contributed by atoms with Gasteiger partial charge in [-0.25, -0.2) is 4.79 Å². The van der Waals surface area contributed by atoms with Crippen molar-refractivity contribution in [1.29, 1.82) is 0 Å². The van der Waals surface area contributed by atoms with E-state index in [0.717, 1.165) is 5.39 Å². The molecule has 6 nitrogen and oxygen atoms in total. The maximum atomic E-state index is 11.2. The van der Waals surface area contributed by atoms with Crippen molar-refractivity contribution in [2.24, 2.45) is 0 Å². The largest absolute Gasteiger partial charge is 0.493 e. The lowest BCUT2D eigenvalue weighted by Gasteiger charge is -2.12. The van der Waals surface area contributed by atoms with E-state index in [0.29, 0.717) is 17.8 Å². The van der Waals surface area contributed by atoms with Gasteiger partial charge in [0, 0.05) is 30.4 Å². The Morgan fingerprint density at radius 3 is 2.86 bits per heavy atom. The zero-order chi connectivity index (χ0) is 15.9. The minimum Gasteiger partial charge on any atom is -0.493 e. The van der Waals surface area contributed by atoms with Gasteiger partial charge in [-0.1, -0.05) is 6.92 Å². The van der Waals surface area contributed by atoms with Crippen LogP contribution in [0.15, 0.2) is 39.5 Å². The van der Waals surface area contributed by atoms with E-state index in [1.165, 1.54) is 6.07 Å². The summed E-state index contributed by atoms with van der Waals surface area (Å²) in [5, 5.41) is 10.5. The average Bonchev–Trinajstić information content (AvgIpc) is 2.52. The monoisotopic (exact) mass is 306 g/mol. The number of esters is 1. The van der Waals surface area contributed by atoms with Crippen LogP contribution in [0.4, 0.5) is 0 Å². The quantitative estimate of drug-likeness (QED) is 0.621. The van der Waals surface area contributed by atoms with Crippen molar-refractivity contribution in [3.8, 4) is 5.75 Å². The smallest absolute Gasteiger partial charge is 0.336 e. The number of hydrogen-bond donors (Lipinski definition) is 1. The predicted molar refractivity (Wildman–Crippen MR) is 79.9 cm³/mol. The molecule has 2 aromatic rings. The minimum absolute atomic E-state index is 0.0391.